The SMILES string of the molecule is Cc1ccc(N2C(=O)CCS2(=O)=O)cc1S(=O)(=O)NC[C@H]1CCCO1. The molecular weight excluding hydrogens is 368 g/mol. The molecule has 2 saturated heterocycles. The van der Waals surface area contributed by atoms with E-state index in [9.17, 15) is 21.6 Å². The van der Waals surface area contributed by atoms with Crippen LogP contribution in [0.25, 0.3) is 0 Å². The topological polar surface area (TPSA) is 110 Å². The molecule has 2 aliphatic rings. The molecular formula is C15H20N2O6S2. The lowest BCUT2D eigenvalue weighted by molar-refractivity contribution is -0.116. The molecule has 10 heteroatoms. The summed E-state index contributed by atoms with van der Waals surface area (Å²) in [6.07, 6.45) is 1.44. The van der Waals surface area contributed by atoms with E-state index in [2.05, 4.69) is 4.72 Å². The van der Waals surface area contributed by atoms with Crippen LogP contribution < -0.4 is 9.03 Å². The number of sulfonamides is 2. The summed E-state index contributed by atoms with van der Waals surface area (Å²) in [6.45, 7) is 2.40. The molecule has 1 amide bonds. The van der Waals surface area contributed by atoms with Crippen LogP contribution in [0.3, 0.4) is 0 Å². The number of nitrogens with one attached hydrogen (secondary N) is 1. The summed E-state index contributed by atoms with van der Waals surface area (Å²) in [7, 11) is -7.59. The quantitative estimate of drug-likeness (QED) is 0.787. The van der Waals surface area contributed by atoms with Crippen molar-refractivity contribution in [1.29, 1.82) is 0 Å². The largest absolute Gasteiger partial charge is 0.377 e. The van der Waals surface area contributed by atoms with Crippen LogP contribution in [0.1, 0.15) is 24.8 Å². The lowest BCUT2D eigenvalue weighted by Gasteiger charge is -2.18. The van der Waals surface area contributed by atoms with Crippen LogP contribution in [-0.4, -0.2) is 47.8 Å². The Hall–Kier alpha value is -1.49. The predicted molar refractivity (Wildman–Crippen MR) is 91.2 cm³/mol. The van der Waals surface area contributed by atoms with E-state index in [1.54, 1.807) is 6.92 Å². The number of aryl methyl sites for hydroxylation is 1. The number of carbonyl (C=O) groups is 1. The number of benzene rings is 1. The van der Waals surface area contributed by atoms with Gasteiger partial charge in [-0.05, 0) is 37.5 Å². The van der Waals surface area contributed by atoms with E-state index in [0.29, 0.717) is 16.5 Å². The van der Waals surface area contributed by atoms with E-state index >= 15 is 0 Å². The molecule has 1 atom stereocenters. The summed E-state index contributed by atoms with van der Waals surface area (Å²) < 4.78 is 57.9. The average molecular weight is 388 g/mol. The third-order valence-corrected chi connectivity index (χ3v) is 7.56. The smallest absolute Gasteiger partial charge is 0.242 e. The number of anilines is 1. The second-order valence-electron chi connectivity index (χ2n) is 6.16. The highest BCUT2D eigenvalue weighted by Gasteiger charge is 2.37. The molecule has 0 radical (unpaired) electrons. The number of carbonyl (C=O) groups excluding carboxylic acids is 1. The average Bonchev–Trinajstić information content (AvgIpc) is 3.14. The first-order valence-corrected chi connectivity index (χ1v) is 11.1. The summed E-state index contributed by atoms with van der Waals surface area (Å²) in [4.78, 5) is 11.9. The van der Waals surface area contributed by atoms with Crippen molar-refractivity contribution in [1.82, 2.24) is 4.72 Å². The van der Waals surface area contributed by atoms with E-state index in [0.717, 1.165) is 12.8 Å². The van der Waals surface area contributed by atoms with E-state index in [1.165, 1.54) is 18.2 Å². The first-order chi connectivity index (χ1) is 11.7. The van der Waals surface area contributed by atoms with Gasteiger partial charge in [0.2, 0.25) is 26.0 Å². The van der Waals surface area contributed by atoms with Crippen LogP contribution in [0.2, 0.25) is 0 Å². The normalized spacial score (nSPS) is 23.3. The first kappa shape index (κ1) is 18.3. The third-order valence-electron chi connectivity index (χ3n) is 4.30. The van der Waals surface area contributed by atoms with Crippen molar-refractivity contribution in [2.75, 3.05) is 23.2 Å². The van der Waals surface area contributed by atoms with Gasteiger partial charge in [-0.25, -0.2) is 25.9 Å². The lowest BCUT2D eigenvalue weighted by Crippen LogP contribution is -2.33. The summed E-state index contributed by atoms with van der Waals surface area (Å²) in [5.41, 5.74) is 0.512. The molecule has 25 heavy (non-hydrogen) atoms. The molecule has 1 aromatic carbocycles. The minimum absolute atomic E-state index is 0.0436. The molecule has 0 saturated carbocycles. The Balaban J connectivity index is 1.89. The van der Waals surface area contributed by atoms with Gasteiger partial charge in [-0.3, -0.25) is 4.79 Å². The Labute approximate surface area is 147 Å². The van der Waals surface area contributed by atoms with E-state index in [4.69, 9.17) is 4.74 Å². The first-order valence-electron chi connectivity index (χ1n) is 7.98. The van der Waals surface area contributed by atoms with Gasteiger partial charge in [-0.1, -0.05) is 6.07 Å². The zero-order chi connectivity index (χ0) is 18.2. The van der Waals surface area contributed by atoms with Crippen molar-refractivity contribution in [2.24, 2.45) is 0 Å². The molecule has 1 N–H and O–H groups in total. The summed E-state index contributed by atoms with van der Waals surface area (Å²) >= 11 is 0. The molecule has 0 aromatic heterocycles. The number of rotatable bonds is 5. The van der Waals surface area contributed by atoms with Gasteiger partial charge in [0, 0.05) is 19.6 Å². The van der Waals surface area contributed by atoms with Crippen molar-refractivity contribution in [3.05, 3.63) is 23.8 Å². The number of amides is 1. The maximum Gasteiger partial charge on any atom is 0.242 e. The van der Waals surface area contributed by atoms with Crippen LogP contribution in [0.15, 0.2) is 23.1 Å². The molecule has 0 bridgehead atoms. The highest BCUT2D eigenvalue weighted by molar-refractivity contribution is 7.94. The van der Waals surface area contributed by atoms with Crippen molar-refractivity contribution in [2.45, 2.75) is 37.2 Å². The molecule has 1 aromatic rings. The second-order valence-corrected chi connectivity index (χ2v) is 9.83. The summed E-state index contributed by atoms with van der Waals surface area (Å²) in [6, 6.07) is 4.17. The van der Waals surface area contributed by atoms with Gasteiger partial charge >= 0.3 is 0 Å². The van der Waals surface area contributed by atoms with Crippen LogP contribution in [0.5, 0.6) is 0 Å². The van der Waals surface area contributed by atoms with Gasteiger partial charge in [-0.15, -0.1) is 0 Å². The van der Waals surface area contributed by atoms with Crippen LogP contribution in [0, 0.1) is 6.92 Å². The minimum Gasteiger partial charge on any atom is -0.377 e. The Kier molecular flexibility index (Phi) is 4.89. The standard InChI is InChI=1S/C15H20N2O6S2/c1-11-4-5-12(17-15(18)6-8-24(17,19)20)9-14(11)25(21,22)16-10-13-3-2-7-23-13/h4-5,9,13,16H,2-3,6-8,10H2,1H3/t13-/m1/s1. The Bertz CT molecular complexity index is 889. The van der Waals surface area contributed by atoms with Crippen molar-refractivity contribution < 1.29 is 26.4 Å². The third kappa shape index (κ3) is 3.71. The maximum absolute atomic E-state index is 12.6. The van der Waals surface area contributed by atoms with E-state index in [1.807, 2.05) is 0 Å². The minimum atomic E-state index is -3.85. The molecule has 8 nitrogen and oxygen atoms in total. The number of hydrogen-bond donors (Lipinski definition) is 1. The monoisotopic (exact) mass is 388 g/mol. The van der Waals surface area contributed by atoms with Crippen molar-refractivity contribution in [3.8, 4) is 0 Å². The Morgan fingerprint density at radius 1 is 1.36 bits per heavy atom. The van der Waals surface area contributed by atoms with Gasteiger partial charge in [0.25, 0.3) is 0 Å². The number of nitrogens with zero attached hydrogens (tertiary/aromatic N) is 1. The summed E-state index contributed by atoms with van der Waals surface area (Å²) in [5, 5.41) is 0. The fourth-order valence-corrected chi connectivity index (χ4v) is 5.74. The molecule has 0 spiro atoms. The molecule has 0 aliphatic carbocycles. The van der Waals surface area contributed by atoms with Gasteiger partial charge in [0.1, 0.15) is 0 Å². The van der Waals surface area contributed by atoms with Crippen LogP contribution in [-0.2, 0) is 29.6 Å². The predicted octanol–water partition coefficient (Wildman–Crippen LogP) is 0.519. The fraction of sp³-hybridized carbons (Fsp3) is 0.533. The molecule has 2 aliphatic heterocycles. The van der Waals surface area contributed by atoms with Gasteiger partial charge < -0.3 is 4.74 Å². The van der Waals surface area contributed by atoms with Crippen molar-refractivity contribution in [3.63, 3.8) is 0 Å². The molecule has 3 rings (SSSR count). The molecule has 2 heterocycles. The lowest BCUT2D eigenvalue weighted by atomic mass is 10.2. The highest BCUT2D eigenvalue weighted by atomic mass is 32.2. The van der Waals surface area contributed by atoms with E-state index in [-0.39, 0.29) is 35.4 Å². The van der Waals surface area contributed by atoms with Crippen molar-refractivity contribution >= 4 is 31.6 Å². The van der Waals surface area contributed by atoms with E-state index < -0.39 is 26.0 Å². The maximum atomic E-state index is 12.6. The van der Waals surface area contributed by atoms with Gasteiger partial charge in [0.15, 0.2) is 0 Å². The van der Waals surface area contributed by atoms with Gasteiger partial charge in [0.05, 0.1) is 22.4 Å². The molecule has 0 unspecified atom stereocenters. The zero-order valence-electron chi connectivity index (χ0n) is 13.8. The van der Waals surface area contributed by atoms with Gasteiger partial charge in [-0.2, -0.15) is 0 Å². The van der Waals surface area contributed by atoms with Crippen LogP contribution in [0.4, 0.5) is 5.69 Å². The Morgan fingerprint density at radius 3 is 2.72 bits per heavy atom. The number of hydrogen-bond acceptors (Lipinski definition) is 6. The molecule has 2 fully saturated rings. The van der Waals surface area contributed by atoms with Crippen LogP contribution >= 0.6 is 0 Å². The highest BCUT2D eigenvalue weighted by Crippen LogP contribution is 2.29. The Morgan fingerprint density at radius 2 is 2.12 bits per heavy atom. The number of ether oxygens (including phenoxy) is 1. The summed E-state index contributed by atoms with van der Waals surface area (Å²) in [5.74, 6) is -0.821. The zero-order valence-corrected chi connectivity index (χ0v) is 15.4. The fourth-order valence-electron chi connectivity index (χ4n) is 2.96. The molecule has 138 valence electrons. The second kappa shape index (κ2) is 6.67.